The minimum Gasteiger partial charge on any atom is -0.463 e. The molecule has 0 aromatic rings. The van der Waals surface area contributed by atoms with Gasteiger partial charge in [-0.15, -0.1) is 0 Å². The van der Waals surface area contributed by atoms with Crippen LogP contribution >= 0.6 is 0 Å². The molecular weight excluding hydrogens is 1060 g/mol. The summed E-state index contributed by atoms with van der Waals surface area (Å²) in [4.78, 5) is 34.7. The molecule has 414 valence electrons. The highest BCUT2D eigenvalue weighted by atomic mass is 28.5. The van der Waals surface area contributed by atoms with Gasteiger partial charge < -0.3 is 40.9 Å². The summed E-state index contributed by atoms with van der Waals surface area (Å²) in [5.74, 6) is -10.5. The standard InChI is InChI=1S/C18H19F15O4.C11H30O4Si4.C10H16O4/c1-3-11(2,14(19,20)21)10(34)37-9-5-7(12(35,15(22,23)24)16(25,26)27)4-8(6-9)13(36,17(28,29)30)18(31,32)33;1-10-11(2)19(9)14-17(5,6)12-16(3,4)13-18(7,8)15-19;1-4-10(2,3)9(12)14-7-5-6-13-8(7)11/h7-9,35-36H,3-6H2,1-2H3;11H,10H2,1-9H3;7H,4-6H2,1-3H3. The Hall–Kier alpha value is -2.01. The van der Waals surface area contributed by atoms with Gasteiger partial charge in [-0.25, -0.2) is 4.79 Å². The molecular formula is C39H65F15O12Si4. The molecule has 3 aliphatic rings. The van der Waals surface area contributed by atoms with E-state index in [1.807, 2.05) is 6.92 Å². The van der Waals surface area contributed by atoms with Gasteiger partial charge in [0, 0.05) is 18.3 Å². The second-order valence-corrected chi connectivity index (χ2v) is 34.5. The number of aliphatic hydroxyl groups is 2. The van der Waals surface area contributed by atoms with Gasteiger partial charge in [0.15, 0.2) is 5.41 Å². The lowest BCUT2D eigenvalue weighted by atomic mass is 9.65. The van der Waals surface area contributed by atoms with Crippen LogP contribution in [-0.2, 0) is 45.1 Å². The maximum atomic E-state index is 13.3. The van der Waals surface area contributed by atoms with Crippen LogP contribution in [0.5, 0.6) is 0 Å². The highest BCUT2D eigenvalue weighted by Crippen LogP contribution is 2.58. The molecule has 1 aliphatic carbocycles. The van der Waals surface area contributed by atoms with Gasteiger partial charge in [0.25, 0.3) is 11.2 Å². The number of hydrogen-bond acceptors (Lipinski definition) is 12. The number of ether oxygens (including phenoxy) is 3. The minimum absolute atomic E-state index is 0.163. The Morgan fingerprint density at radius 1 is 0.600 bits per heavy atom. The zero-order chi connectivity index (χ0) is 55.7. The van der Waals surface area contributed by atoms with Gasteiger partial charge in [0.2, 0.25) is 6.10 Å². The number of hydrogen-bond donors (Lipinski definition) is 2. The predicted molar refractivity (Wildman–Crippen MR) is 227 cm³/mol. The average Bonchev–Trinajstić information content (AvgIpc) is 3.55. The highest BCUT2D eigenvalue weighted by molar-refractivity contribution is 6.93. The summed E-state index contributed by atoms with van der Waals surface area (Å²) < 4.78 is 240. The van der Waals surface area contributed by atoms with E-state index in [1.54, 1.807) is 13.8 Å². The van der Waals surface area contributed by atoms with Crippen LogP contribution in [0, 0.1) is 22.7 Å². The second-order valence-electron chi connectivity index (χ2n) is 19.9. The van der Waals surface area contributed by atoms with Crippen molar-refractivity contribution in [3.8, 4) is 0 Å². The summed E-state index contributed by atoms with van der Waals surface area (Å²) >= 11 is 0. The van der Waals surface area contributed by atoms with Crippen molar-refractivity contribution in [1.82, 2.24) is 0 Å². The van der Waals surface area contributed by atoms with Crippen molar-refractivity contribution in [2.75, 3.05) is 6.61 Å². The number of carbonyl (C=O) groups excluding carboxylic acids is 3. The van der Waals surface area contributed by atoms with Gasteiger partial charge in [0.05, 0.1) is 12.0 Å². The van der Waals surface area contributed by atoms with Crippen molar-refractivity contribution < 1.29 is 121 Å². The SMILES string of the molecule is CCC(C)(C(=O)OC1CC(C(O)(C(F)(F)F)C(F)(F)F)CC(C(O)(C(F)(F)F)C(F)(F)F)C1)C(F)(F)F.CCC(C)(C)C(=O)OC1CCOC1=O.CCC(C)[Si]1(C)O[Si](C)(C)O[Si](C)(C)O[Si](C)(C)O1. The quantitative estimate of drug-likeness (QED) is 0.0925. The Kier molecular flexibility index (Phi) is 20.8. The van der Waals surface area contributed by atoms with Crippen LogP contribution in [0.25, 0.3) is 0 Å². The fraction of sp³-hybridized carbons (Fsp3) is 0.923. The van der Waals surface area contributed by atoms with E-state index in [4.69, 9.17) is 25.9 Å². The van der Waals surface area contributed by atoms with E-state index in [9.17, 15) is 90.5 Å². The van der Waals surface area contributed by atoms with Crippen LogP contribution in [0.1, 0.15) is 93.4 Å². The Morgan fingerprint density at radius 2 is 0.971 bits per heavy atom. The number of carbonyl (C=O) groups is 3. The molecule has 5 unspecified atom stereocenters. The maximum absolute atomic E-state index is 13.3. The van der Waals surface area contributed by atoms with E-state index < -0.39 is 149 Å². The van der Waals surface area contributed by atoms with E-state index in [0.29, 0.717) is 25.0 Å². The zero-order valence-corrected chi connectivity index (χ0v) is 45.2. The van der Waals surface area contributed by atoms with Crippen LogP contribution in [-0.4, -0.2) is 123 Å². The summed E-state index contributed by atoms with van der Waals surface area (Å²) in [6.07, 6.45) is -41.3. The third-order valence-corrected chi connectivity index (χ3v) is 29.8. The Morgan fingerprint density at radius 3 is 1.26 bits per heavy atom. The number of alkyl halides is 15. The van der Waals surface area contributed by atoms with Crippen molar-refractivity contribution in [3.63, 3.8) is 0 Å². The fourth-order valence-electron chi connectivity index (χ4n) is 7.87. The third-order valence-electron chi connectivity index (χ3n) is 12.6. The van der Waals surface area contributed by atoms with E-state index in [0.717, 1.165) is 13.3 Å². The maximum Gasteiger partial charge on any atom is 0.426 e. The van der Waals surface area contributed by atoms with E-state index in [2.05, 4.69) is 64.4 Å². The van der Waals surface area contributed by atoms with Crippen LogP contribution in [0.4, 0.5) is 65.9 Å². The lowest BCUT2D eigenvalue weighted by molar-refractivity contribution is -0.405. The number of esters is 3. The first kappa shape index (κ1) is 66.0. The predicted octanol–water partition coefficient (Wildman–Crippen LogP) is 11.3. The first-order chi connectivity index (χ1) is 30.8. The topological polar surface area (TPSA) is 156 Å². The second kappa shape index (κ2) is 22.1. The van der Waals surface area contributed by atoms with Crippen molar-refractivity contribution >= 4 is 52.2 Å². The first-order valence-corrected chi connectivity index (χ1v) is 32.8. The van der Waals surface area contributed by atoms with Gasteiger partial charge in [-0.3, -0.25) is 9.59 Å². The Labute approximate surface area is 400 Å². The number of cyclic esters (lactones) is 1. The Bertz CT molecular complexity index is 1690. The smallest absolute Gasteiger partial charge is 0.426 e. The molecule has 3 fully saturated rings. The minimum atomic E-state index is -6.77. The summed E-state index contributed by atoms with van der Waals surface area (Å²) in [5, 5.41) is 19.1. The molecule has 0 bridgehead atoms. The molecule has 31 heteroatoms. The molecule has 3 rings (SSSR count). The van der Waals surface area contributed by atoms with Gasteiger partial charge >= 0.3 is 83.0 Å². The molecule has 0 aromatic heterocycles. The van der Waals surface area contributed by atoms with E-state index in [1.165, 1.54) is 0 Å². The largest absolute Gasteiger partial charge is 0.463 e. The van der Waals surface area contributed by atoms with Gasteiger partial charge in [-0.2, -0.15) is 65.9 Å². The number of halogens is 15. The first-order valence-electron chi connectivity index (χ1n) is 22.0. The van der Waals surface area contributed by atoms with Gasteiger partial charge in [0.1, 0.15) is 6.10 Å². The molecule has 1 saturated carbocycles. The molecule has 12 nitrogen and oxygen atoms in total. The van der Waals surface area contributed by atoms with Crippen LogP contribution in [0.15, 0.2) is 0 Å². The van der Waals surface area contributed by atoms with Crippen molar-refractivity contribution in [2.24, 2.45) is 22.7 Å². The molecule has 2 heterocycles. The Balaban J connectivity index is 0.000000610. The fourth-order valence-corrected chi connectivity index (χ4v) is 29.7. The van der Waals surface area contributed by atoms with Crippen molar-refractivity contribution in [2.45, 2.75) is 199 Å². The molecule has 2 aliphatic heterocycles. The van der Waals surface area contributed by atoms with Crippen LogP contribution < -0.4 is 0 Å². The monoisotopic (exact) mass is 1120 g/mol. The van der Waals surface area contributed by atoms with Crippen molar-refractivity contribution in [3.05, 3.63) is 0 Å². The molecule has 70 heavy (non-hydrogen) atoms. The molecule has 5 atom stereocenters. The van der Waals surface area contributed by atoms with Gasteiger partial charge in [-0.1, -0.05) is 34.1 Å². The summed E-state index contributed by atoms with van der Waals surface area (Å²) in [6.45, 7) is 26.0. The number of rotatable bonds is 10. The summed E-state index contributed by atoms with van der Waals surface area (Å²) in [5.41, 5.74) is -15.6. The molecule has 0 amide bonds. The molecule has 2 saturated heterocycles. The van der Waals surface area contributed by atoms with E-state index in [-0.39, 0.29) is 12.9 Å². The van der Waals surface area contributed by atoms with E-state index >= 15 is 0 Å². The summed E-state index contributed by atoms with van der Waals surface area (Å²) in [7, 11) is -8.80. The lowest BCUT2D eigenvalue weighted by Crippen LogP contribution is -2.67. The molecule has 2 N–H and O–H groups in total. The molecule has 0 radical (unpaired) electrons. The van der Waals surface area contributed by atoms with Crippen LogP contribution in [0.3, 0.4) is 0 Å². The van der Waals surface area contributed by atoms with Crippen molar-refractivity contribution in [1.29, 1.82) is 0 Å². The normalized spacial score (nSPS) is 25.8. The highest BCUT2D eigenvalue weighted by Gasteiger charge is 2.78. The van der Waals surface area contributed by atoms with Gasteiger partial charge in [-0.05, 0) is 104 Å². The zero-order valence-electron chi connectivity index (χ0n) is 41.2. The molecule has 0 spiro atoms. The van der Waals surface area contributed by atoms with Crippen LogP contribution in [0.2, 0.25) is 51.4 Å². The lowest BCUT2D eigenvalue weighted by Gasteiger charge is -2.49. The average molecular weight is 1120 g/mol. The summed E-state index contributed by atoms with van der Waals surface area (Å²) in [6, 6.07) is 0. The molecule has 0 aromatic carbocycles. The third kappa shape index (κ3) is 15.3.